The number of esters is 2. The molecular weight excluding hydrogens is 682 g/mol. The number of aliphatic hydroxyl groups is 4. The molecule has 4 N–H and O–H groups in total. The van der Waals surface area contributed by atoms with Gasteiger partial charge >= 0.3 is 11.9 Å². The van der Waals surface area contributed by atoms with Gasteiger partial charge < -0.3 is 63.3 Å². The van der Waals surface area contributed by atoms with Gasteiger partial charge in [0.1, 0.15) is 36.3 Å². The Hall–Kier alpha value is -2.31. The van der Waals surface area contributed by atoms with Gasteiger partial charge in [-0.3, -0.25) is 9.59 Å². The Bertz CT molecular complexity index is 1210. The summed E-state index contributed by atoms with van der Waals surface area (Å²) in [4.78, 5) is 38.4. The highest BCUT2D eigenvalue weighted by Gasteiger charge is 2.52. The van der Waals surface area contributed by atoms with Crippen LogP contribution in [0.4, 0.5) is 0 Å². The number of allylic oxidation sites excluding steroid dienone is 2. The van der Waals surface area contributed by atoms with Crippen LogP contribution in [0.15, 0.2) is 24.3 Å². The molecule has 0 aliphatic carbocycles. The number of aldehydes is 1. The third-order valence-corrected chi connectivity index (χ3v) is 10.1. The summed E-state index contributed by atoms with van der Waals surface area (Å²) in [6.45, 7) is 9.74. The number of ether oxygens (including phenoxy) is 7. The van der Waals surface area contributed by atoms with Crippen LogP contribution in [0.25, 0.3) is 0 Å². The van der Waals surface area contributed by atoms with Crippen molar-refractivity contribution in [2.75, 3.05) is 21.2 Å². The van der Waals surface area contributed by atoms with Crippen LogP contribution < -0.4 is 0 Å². The number of hydrogen-bond acceptors (Lipinski definition) is 15. The van der Waals surface area contributed by atoms with Gasteiger partial charge in [-0.1, -0.05) is 31.2 Å². The summed E-state index contributed by atoms with van der Waals surface area (Å²) < 4.78 is 41.8. The molecule has 3 aliphatic rings. The summed E-state index contributed by atoms with van der Waals surface area (Å²) in [6, 6.07) is -0.749. The highest BCUT2D eigenvalue weighted by Crippen LogP contribution is 2.37. The molecule has 3 rings (SSSR count). The average molecular weight is 744 g/mol. The lowest BCUT2D eigenvalue weighted by molar-refractivity contribution is -0.344. The summed E-state index contributed by atoms with van der Waals surface area (Å²) in [6.07, 6.45) is -4.09. The van der Waals surface area contributed by atoms with Crippen molar-refractivity contribution in [2.24, 2.45) is 11.8 Å². The molecule has 3 heterocycles. The Kier molecular flexibility index (Phi) is 16.8. The normalized spacial score (nSPS) is 44.0. The van der Waals surface area contributed by atoms with Gasteiger partial charge in [-0.25, -0.2) is 0 Å². The molecule has 2 saturated heterocycles. The molecule has 15 heteroatoms. The summed E-state index contributed by atoms with van der Waals surface area (Å²) in [5, 5.41) is 45.4. The summed E-state index contributed by atoms with van der Waals surface area (Å²) in [5.41, 5.74) is -1.47. The van der Waals surface area contributed by atoms with E-state index in [-0.39, 0.29) is 25.2 Å². The molecule has 2 fully saturated rings. The second-order valence-corrected chi connectivity index (χ2v) is 14.9. The molecule has 0 unspecified atom stereocenters. The number of carbonyl (C=O) groups excluding carboxylic acids is 3. The molecule has 0 saturated carbocycles. The molecule has 0 aromatic rings. The standard InChI is InChI=1S/C37H61NO14/c1-20-17-25(15-16-39)33(34(46-9)27(42)18-28(43)47-21(2)13-11-10-12-14-26(20)41)52-36-31(44)30(38(7)8)32(22(3)49-36)51-29-19-37(6,45)35(23(4)48-29)50-24(5)40/h10-12,14,16,20-23,25-27,29-36,41-42,44-45H,13,15,17-19H2,1-9H3/b11-10+,14-12+/t20-,21-,22-,23+,25-,26+,27-,29+,30-,31-,32-,33+,34+,35+,36+,37-/m1/s1. The second-order valence-electron chi connectivity index (χ2n) is 14.9. The first kappa shape index (κ1) is 44.1. The number of carbonyl (C=O) groups is 3. The van der Waals surface area contributed by atoms with Crippen molar-refractivity contribution in [2.45, 2.75) is 159 Å². The zero-order valence-corrected chi connectivity index (χ0v) is 31.9. The van der Waals surface area contributed by atoms with E-state index >= 15 is 0 Å². The number of cyclic esters (lactones) is 1. The van der Waals surface area contributed by atoms with E-state index in [0.717, 1.165) is 0 Å². The second kappa shape index (κ2) is 19.9. The first-order valence-corrected chi connectivity index (χ1v) is 18.1. The van der Waals surface area contributed by atoms with E-state index in [9.17, 15) is 34.8 Å². The van der Waals surface area contributed by atoms with Crippen LogP contribution in [0.3, 0.4) is 0 Å². The predicted molar refractivity (Wildman–Crippen MR) is 187 cm³/mol. The minimum Gasteiger partial charge on any atom is -0.462 e. The SMILES string of the molecule is CO[C@@H]1[C@@H](O[C@@H]2O[C@H](C)[C@@H](O[C@H]3C[C@@](C)(O)[C@@H](OC(C)=O)[C@H](C)O3)[C@H](N(C)C)[C@H]2O)[C@H](CC=O)C[C@@H](C)[C@@H](O)/C=C/C=C/C[C@@H](C)OC(=O)C[C@H]1O. The summed E-state index contributed by atoms with van der Waals surface area (Å²) >= 11 is 0. The first-order chi connectivity index (χ1) is 24.4. The molecule has 0 spiro atoms. The van der Waals surface area contributed by atoms with Gasteiger partial charge in [0.25, 0.3) is 0 Å². The fraction of sp³-hybridized carbons (Fsp3) is 0.811. The van der Waals surface area contributed by atoms with Gasteiger partial charge in [0.15, 0.2) is 18.7 Å². The van der Waals surface area contributed by atoms with Crippen LogP contribution in [0, 0.1) is 11.8 Å². The zero-order chi connectivity index (χ0) is 38.9. The van der Waals surface area contributed by atoms with E-state index in [1.807, 2.05) is 13.0 Å². The maximum atomic E-state index is 12.9. The van der Waals surface area contributed by atoms with E-state index in [2.05, 4.69) is 0 Å². The molecule has 0 aromatic heterocycles. The maximum absolute atomic E-state index is 12.9. The van der Waals surface area contributed by atoms with E-state index in [4.69, 9.17) is 33.2 Å². The molecule has 0 bridgehead atoms. The molecule has 0 aromatic carbocycles. The van der Waals surface area contributed by atoms with Crippen molar-refractivity contribution < 1.29 is 68.0 Å². The number of aliphatic hydroxyl groups excluding tert-OH is 3. The van der Waals surface area contributed by atoms with Gasteiger partial charge in [-0.2, -0.15) is 0 Å². The van der Waals surface area contributed by atoms with Crippen molar-refractivity contribution >= 4 is 18.2 Å². The molecule has 0 amide bonds. The minimum absolute atomic E-state index is 0.0335. The zero-order valence-electron chi connectivity index (χ0n) is 31.9. The largest absolute Gasteiger partial charge is 0.462 e. The maximum Gasteiger partial charge on any atom is 0.308 e. The summed E-state index contributed by atoms with van der Waals surface area (Å²) in [7, 11) is 4.84. The first-order valence-electron chi connectivity index (χ1n) is 18.1. The minimum atomic E-state index is -1.47. The van der Waals surface area contributed by atoms with Crippen LogP contribution in [0.2, 0.25) is 0 Å². The predicted octanol–water partition coefficient (Wildman–Crippen LogP) is 1.42. The Labute approximate surface area is 307 Å². The lowest BCUT2D eigenvalue weighted by Gasteiger charge is -2.50. The highest BCUT2D eigenvalue weighted by atomic mass is 16.7. The van der Waals surface area contributed by atoms with Gasteiger partial charge in [0.2, 0.25) is 0 Å². The molecule has 298 valence electrons. The molecular formula is C37H61NO14. The van der Waals surface area contributed by atoms with Crippen molar-refractivity contribution in [3.05, 3.63) is 24.3 Å². The Morgan fingerprint density at radius 3 is 2.33 bits per heavy atom. The Morgan fingerprint density at radius 2 is 1.73 bits per heavy atom. The topological polar surface area (TPSA) is 200 Å². The van der Waals surface area contributed by atoms with Crippen molar-refractivity contribution in [1.29, 1.82) is 0 Å². The van der Waals surface area contributed by atoms with Gasteiger partial charge in [0, 0.05) is 33.3 Å². The van der Waals surface area contributed by atoms with Crippen LogP contribution in [-0.4, -0.2) is 150 Å². The number of rotatable bonds is 9. The molecule has 16 atom stereocenters. The van der Waals surface area contributed by atoms with E-state index in [0.29, 0.717) is 12.7 Å². The molecule has 0 radical (unpaired) electrons. The average Bonchev–Trinajstić information content (AvgIpc) is 3.03. The van der Waals surface area contributed by atoms with Crippen LogP contribution >= 0.6 is 0 Å². The van der Waals surface area contributed by atoms with Crippen molar-refractivity contribution in [3.63, 3.8) is 0 Å². The van der Waals surface area contributed by atoms with Crippen LogP contribution in [0.5, 0.6) is 0 Å². The lowest BCUT2D eigenvalue weighted by atomic mass is 9.82. The Balaban J connectivity index is 1.93. The van der Waals surface area contributed by atoms with E-state index < -0.39 is 110 Å². The highest BCUT2D eigenvalue weighted by molar-refractivity contribution is 5.70. The number of hydrogen-bond donors (Lipinski definition) is 4. The molecule has 3 aliphatic heterocycles. The number of methoxy groups -OCH3 is 1. The van der Waals surface area contributed by atoms with Crippen molar-refractivity contribution in [3.8, 4) is 0 Å². The van der Waals surface area contributed by atoms with Crippen LogP contribution in [-0.2, 0) is 47.5 Å². The monoisotopic (exact) mass is 743 g/mol. The Morgan fingerprint density at radius 1 is 1.04 bits per heavy atom. The quantitative estimate of drug-likeness (QED) is 0.195. The fourth-order valence-corrected chi connectivity index (χ4v) is 7.43. The molecule has 15 nitrogen and oxygen atoms in total. The van der Waals surface area contributed by atoms with Crippen molar-refractivity contribution in [1.82, 2.24) is 4.90 Å². The third-order valence-electron chi connectivity index (χ3n) is 10.1. The lowest BCUT2D eigenvalue weighted by Crippen LogP contribution is -2.66. The van der Waals surface area contributed by atoms with Crippen LogP contribution in [0.1, 0.15) is 73.6 Å². The number of nitrogens with zero attached hydrogens (tertiary/aromatic N) is 1. The van der Waals surface area contributed by atoms with E-state index in [1.54, 1.807) is 58.0 Å². The van der Waals surface area contributed by atoms with Gasteiger partial charge in [-0.15, -0.1) is 0 Å². The summed E-state index contributed by atoms with van der Waals surface area (Å²) in [5.74, 6) is -2.23. The van der Waals surface area contributed by atoms with Gasteiger partial charge in [-0.05, 0) is 60.0 Å². The van der Waals surface area contributed by atoms with Gasteiger partial charge in [0.05, 0.1) is 43.0 Å². The molecule has 52 heavy (non-hydrogen) atoms. The van der Waals surface area contributed by atoms with E-state index in [1.165, 1.54) is 21.0 Å². The smallest absolute Gasteiger partial charge is 0.308 e. The third kappa shape index (κ3) is 11.8. The number of likely N-dealkylation sites (N-methyl/N-ethyl adjacent to an activating group) is 1. The fourth-order valence-electron chi connectivity index (χ4n) is 7.43.